The highest BCUT2D eigenvalue weighted by Crippen LogP contribution is 2.34. The maximum atomic E-state index is 15.0. The minimum Gasteiger partial charge on any atom is -0.368 e. The highest BCUT2D eigenvalue weighted by atomic mass is 19.1. The Labute approximate surface area is 173 Å². The second kappa shape index (κ2) is 7.79. The van der Waals surface area contributed by atoms with Crippen LogP contribution in [0.15, 0.2) is 12.1 Å². The first kappa shape index (κ1) is 20.5. The predicted molar refractivity (Wildman–Crippen MR) is 107 cm³/mol. The molecule has 0 spiro atoms. The van der Waals surface area contributed by atoms with Crippen LogP contribution in [0.2, 0.25) is 0 Å². The summed E-state index contributed by atoms with van der Waals surface area (Å²) in [5.74, 6) is -3.04. The standard InChI is InChI=1S/C21H25FN4O4/c1-23-14-5-3-4-6-15(14)25(2)17-10-12-11(9-13(17)22)20(29)26(21(12)30)16-7-8-18(27)24-19(16)28/h9-10,14-16,23H,3-8H2,1-2H3,(H,24,27,28)/t14-,15+,16?/m0/s1. The first-order valence-electron chi connectivity index (χ1n) is 10.3. The van der Waals surface area contributed by atoms with E-state index in [4.69, 9.17) is 0 Å². The number of amides is 4. The highest BCUT2D eigenvalue weighted by Gasteiger charge is 2.45. The van der Waals surface area contributed by atoms with Gasteiger partial charge < -0.3 is 10.2 Å². The molecule has 8 nitrogen and oxygen atoms in total. The Morgan fingerprint density at radius 2 is 1.73 bits per heavy atom. The SMILES string of the molecule is CN[C@H]1CCCC[C@H]1N(C)c1cc2c(cc1F)C(=O)N(C1CCC(=O)NC1=O)C2=O. The van der Waals surface area contributed by atoms with Crippen molar-refractivity contribution in [2.24, 2.45) is 0 Å². The second-order valence-corrected chi connectivity index (χ2v) is 8.15. The van der Waals surface area contributed by atoms with Crippen LogP contribution in [0.4, 0.5) is 10.1 Å². The fraction of sp³-hybridized carbons (Fsp3) is 0.524. The van der Waals surface area contributed by atoms with E-state index in [1.54, 1.807) is 7.05 Å². The van der Waals surface area contributed by atoms with E-state index < -0.39 is 35.5 Å². The van der Waals surface area contributed by atoms with Gasteiger partial charge in [-0.25, -0.2) is 4.39 Å². The number of likely N-dealkylation sites (N-methyl/N-ethyl adjacent to an activating group) is 2. The number of nitrogens with one attached hydrogen (secondary N) is 2. The third-order valence-corrected chi connectivity index (χ3v) is 6.48. The number of halogens is 1. The Balaban J connectivity index is 1.65. The number of piperidine rings is 1. The van der Waals surface area contributed by atoms with Gasteiger partial charge in [0.2, 0.25) is 11.8 Å². The number of benzene rings is 1. The summed E-state index contributed by atoms with van der Waals surface area (Å²) in [4.78, 5) is 52.1. The molecule has 3 aliphatic rings. The lowest BCUT2D eigenvalue weighted by atomic mass is 9.89. The van der Waals surface area contributed by atoms with Crippen LogP contribution in [-0.2, 0) is 9.59 Å². The van der Waals surface area contributed by atoms with Crippen LogP contribution in [0.25, 0.3) is 0 Å². The van der Waals surface area contributed by atoms with Gasteiger partial charge in [0.1, 0.15) is 11.9 Å². The van der Waals surface area contributed by atoms with Gasteiger partial charge in [-0.2, -0.15) is 0 Å². The summed E-state index contributed by atoms with van der Waals surface area (Å²) >= 11 is 0. The van der Waals surface area contributed by atoms with Crippen molar-refractivity contribution in [3.05, 3.63) is 29.1 Å². The van der Waals surface area contributed by atoms with Gasteiger partial charge in [-0.05, 0) is 38.4 Å². The molecular weight excluding hydrogens is 391 g/mol. The lowest BCUT2D eigenvalue weighted by Crippen LogP contribution is -2.54. The van der Waals surface area contributed by atoms with Gasteiger partial charge in [0.25, 0.3) is 11.8 Å². The second-order valence-electron chi connectivity index (χ2n) is 8.15. The van der Waals surface area contributed by atoms with Crippen molar-refractivity contribution in [2.75, 3.05) is 19.0 Å². The van der Waals surface area contributed by atoms with Crippen molar-refractivity contribution in [2.45, 2.75) is 56.7 Å². The van der Waals surface area contributed by atoms with E-state index >= 15 is 4.39 Å². The van der Waals surface area contributed by atoms with Crippen molar-refractivity contribution in [3.63, 3.8) is 0 Å². The lowest BCUT2D eigenvalue weighted by molar-refractivity contribution is -0.136. The Bertz CT molecular complexity index is 934. The molecule has 30 heavy (non-hydrogen) atoms. The number of imide groups is 2. The molecule has 3 atom stereocenters. The number of carbonyl (C=O) groups excluding carboxylic acids is 4. The maximum absolute atomic E-state index is 15.0. The third-order valence-electron chi connectivity index (χ3n) is 6.48. The Kier molecular flexibility index (Phi) is 5.31. The van der Waals surface area contributed by atoms with Gasteiger partial charge in [-0.1, -0.05) is 12.8 Å². The monoisotopic (exact) mass is 416 g/mol. The molecule has 1 aliphatic carbocycles. The van der Waals surface area contributed by atoms with E-state index in [1.165, 1.54) is 6.07 Å². The molecule has 2 fully saturated rings. The van der Waals surface area contributed by atoms with E-state index in [0.29, 0.717) is 0 Å². The molecule has 0 aromatic heterocycles. The van der Waals surface area contributed by atoms with Crippen LogP contribution < -0.4 is 15.5 Å². The summed E-state index contributed by atoms with van der Waals surface area (Å²) in [6, 6.07) is 1.71. The molecule has 9 heteroatoms. The molecule has 160 valence electrons. The van der Waals surface area contributed by atoms with E-state index in [2.05, 4.69) is 10.6 Å². The molecule has 2 aliphatic heterocycles. The minimum absolute atomic E-state index is 0.0409. The number of carbonyl (C=O) groups is 4. The Morgan fingerprint density at radius 3 is 2.40 bits per heavy atom. The zero-order valence-corrected chi connectivity index (χ0v) is 17.0. The zero-order chi connectivity index (χ0) is 21.6. The van der Waals surface area contributed by atoms with Crippen LogP contribution in [0.3, 0.4) is 0 Å². The Hall–Kier alpha value is -2.81. The third kappa shape index (κ3) is 3.27. The van der Waals surface area contributed by atoms with Gasteiger partial charge in [0.05, 0.1) is 16.8 Å². The number of rotatable bonds is 4. The van der Waals surface area contributed by atoms with Gasteiger partial charge in [0.15, 0.2) is 0 Å². The highest BCUT2D eigenvalue weighted by molar-refractivity contribution is 6.23. The minimum atomic E-state index is -1.06. The van der Waals surface area contributed by atoms with Gasteiger partial charge >= 0.3 is 0 Å². The number of anilines is 1. The number of hydrogen-bond acceptors (Lipinski definition) is 6. The molecule has 1 unspecified atom stereocenters. The number of nitrogens with zero attached hydrogens (tertiary/aromatic N) is 2. The summed E-state index contributed by atoms with van der Waals surface area (Å²) in [6.45, 7) is 0. The van der Waals surface area contributed by atoms with Crippen molar-refractivity contribution in [3.8, 4) is 0 Å². The summed E-state index contributed by atoms with van der Waals surface area (Å²) in [5, 5.41) is 5.44. The van der Waals surface area contributed by atoms with Crippen molar-refractivity contribution >= 4 is 29.3 Å². The van der Waals surface area contributed by atoms with Crippen LogP contribution in [0, 0.1) is 5.82 Å². The van der Waals surface area contributed by atoms with Crippen molar-refractivity contribution in [1.82, 2.24) is 15.5 Å². The summed E-state index contributed by atoms with van der Waals surface area (Å²) in [6.07, 6.45) is 4.14. The number of hydrogen-bond donors (Lipinski definition) is 2. The van der Waals surface area contributed by atoms with E-state index in [1.807, 2.05) is 11.9 Å². The average Bonchev–Trinajstić information content (AvgIpc) is 2.96. The first-order valence-corrected chi connectivity index (χ1v) is 10.3. The molecule has 2 N–H and O–H groups in total. The van der Waals surface area contributed by atoms with Gasteiger partial charge in [-0.15, -0.1) is 0 Å². The van der Waals surface area contributed by atoms with E-state index in [9.17, 15) is 19.2 Å². The molecule has 4 amide bonds. The fourth-order valence-corrected chi connectivity index (χ4v) is 4.84. The normalized spacial score (nSPS) is 26.6. The number of fused-ring (bicyclic) bond motifs is 1. The zero-order valence-electron chi connectivity index (χ0n) is 17.0. The van der Waals surface area contributed by atoms with Crippen LogP contribution in [0.1, 0.15) is 59.2 Å². The largest absolute Gasteiger partial charge is 0.368 e. The average molecular weight is 416 g/mol. The quantitative estimate of drug-likeness (QED) is 0.716. The van der Waals surface area contributed by atoms with Crippen LogP contribution in [-0.4, -0.2) is 60.7 Å². The summed E-state index contributed by atoms with van der Waals surface area (Å²) < 4.78 is 15.0. The predicted octanol–water partition coefficient (Wildman–Crippen LogP) is 1.19. The maximum Gasteiger partial charge on any atom is 0.262 e. The van der Waals surface area contributed by atoms with Crippen molar-refractivity contribution < 1.29 is 23.6 Å². The molecule has 0 bridgehead atoms. The summed E-state index contributed by atoms with van der Waals surface area (Å²) in [7, 11) is 3.68. The van der Waals surface area contributed by atoms with Crippen molar-refractivity contribution in [1.29, 1.82) is 0 Å². The summed E-state index contributed by atoms with van der Waals surface area (Å²) in [5.41, 5.74) is 0.296. The molecule has 4 rings (SSSR count). The first-order chi connectivity index (χ1) is 14.3. The van der Waals surface area contributed by atoms with Gasteiger partial charge in [0, 0.05) is 25.6 Å². The molecular formula is C21H25FN4O4. The molecule has 1 aromatic rings. The fourth-order valence-electron chi connectivity index (χ4n) is 4.84. The van der Waals surface area contributed by atoms with Gasteiger partial charge in [-0.3, -0.25) is 29.4 Å². The lowest BCUT2D eigenvalue weighted by Gasteiger charge is -2.39. The molecule has 1 saturated heterocycles. The molecule has 1 aromatic carbocycles. The van der Waals surface area contributed by atoms with Crippen LogP contribution >= 0.6 is 0 Å². The molecule has 1 saturated carbocycles. The van der Waals surface area contributed by atoms with E-state index in [0.717, 1.165) is 36.6 Å². The van der Waals surface area contributed by atoms with Crippen LogP contribution in [0.5, 0.6) is 0 Å². The topological polar surface area (TPSA) is 98.8 Å². The Morgan fingerprint density at radius 1 is 1.07 bits per heavy atom. The smallest absolute Gasteiger partial charge is 0.262 e. The van der Waals surface area contributed by atoms with E-state index in [-0.39, 0.29) is 41.7 Å². The molecule has 2 heterocycles. The molecule has 0 radical (unpaired) electrons.